The molecule has 1 saturated heterocycles. The van der Waals surface area contributed by atoms with Gasteiger partial charge >= 0.3 is 0 Å². The molecule has 1 aliphatic rings. The third kappa shape index (κ3) is 3.37. The lowest BCUT2D eigenvalue weighted by molar-refractivity contribution is 0.0699. The average molecular weight is 305 g/mol. The van der Waals surface area contributed by atoms with Crippen molar-refractivity contribution in [3.8, 4) is 0 Å². The Bertz CT molecular complexity index is 353. The van der Waals surface area contributed by atoms with Gasteiger partial charge in [-0.3, -0.25) is 0 Å². The van der Waals surface area contributed by atoms with E-state index >= 15 is 0 Å². The Balaban J connectivity index is 1.90. The van der Waals surface area contributed by atoms with E-state index in [4.69, 9.17) is 16.3 Å². The smallest absolute Gasteiger partial charge is 0.0638 e. The normalized spacial score (nSPS) is 17.4. The quantitative estimate of drug-likeness (QED) is 0.913. The van der Waals surface area contributed by atoms with Gasteiger partial charge in [-0.25, -0.2) is 0 Å². The number of nitrogens with one attached hydrogen (secondary N) is 1. The third-order valence-corrected chi connectivity index (χ3v) is 3.67. The second-order valence-electron chi connectivity index (χ2n) is 4.06. The molecule has 1 N–H and O–H groups in total. The van der Waals surface area contributed by atoms with Crippen LogP contribution < -0.4 is 5.32 Å². The van der Waals surface area contributed by atoms with Crippen LogP contribution in [0.2, 0.25) is 5.02 Å². The van der Waals surface area contributed by atoms with E-state index in [1.54, 1.807) is 0 Å². The second-order valence-corrected chi connectivity index (χ2v) is 5.38. The van der Waals surface area contributed by atoms with Crippen LogP contribution in [-0.2, 0) is 4.74 Å². The summed E-state index contributed by atoms with van der Waals surface area (Å²) in [6.07, 6.45) is 2.28. The molecule has 16 heavy (non-hydrogen) atoms. The summed E-state index contributed by atoms with van der Waals surface area (Å²) in [6, 6.07) is 5.86. The highest BCUT2D eigenvalue weighted by Crippen LogP contribution is 2.26. The molecule has 4 heteroatoms. The number of ether oxygens (including phenoxy) is 1. The lowest BCUT2D eigenvalue weighted by Crippen LogP contribution is -2.22. The van der Waals surface area contributed by atoms with Crippen LogP contribution in [0.1, 0.15) is 12.8 Å². The van der Waals surface area contributed by atoms with Crippen molar-refractivity contribution >= 4 is 33.2 Å². The minimum Gasteiger partial charge on any atom is -0.384 e. The number of anilines is 1. The first-order chi connectivity index (χ1) is 7.75. The number of halogens is 2. The minimum absolute atomic E-state index is 0.698. The van der Waals surface area contributed by atoms with Crippen molar-refractivity contribution in [3.63, 3.8) is 0 Å². The second kappa shape index (κ2) is 5.89. The molecule has 2 nitrogen and oxygen atoms in total. The zero-order valence-electron chi connectivity index (χ0n) is 9.01. The fourth-order valence-corrected chi connectivity index (χ4v) is 2.38. The van der Waals surface area contributed by atoms with Crippen LogP contribution in [0.25, 0.3) is 0 Å². The molecule has 1 aliphatic heterocycles. The van der Waals surface area contributed by atoms with Gasteiger partial charge in [0.2, 0.25) is 0 Å². The lowest BCUT2D eigenvalue weighted by atomic mass is 10.0. The molecule has 0 aliphatic carbocycles. The van der Waals surface area contributed by atoms with Crippen molar-refractivity contribution in [1.82, 2.24) is 0 Å². The molecule has 0 radical (unpaired) electrons. The van der Waals surface area contributed by atoms with Gasteiger partial charge < -0.3 is 10.1 Å². The third-order valence-electron chi connectivity index (χ3n) is 2.85. The highest BCUT2D eigenvalue weighted by molar-refractivity contribution is 9.10. The first kappa shape index (κ1) is 12.2. The van der Waals surface area contributed by atoms with Crippen LogP contribution in [0.4, 0.5) is 5.69 Å². The molecule has 2 rings (SSSR count). The fraction of sp³-hybridized carbons (Fsp3) is 0.500. The molecule has 0 spiro atoms. The van der Waals surface area contributed by atoms with Crippen LogP contribution in [0.3, 0.4) is 0 Å². The van der Waals surface area contributed by atoms with E-state index in [0.717, 1.165) is 47.8 Å². The molecule has 1 aromatic rings. The molecular formula is C12H15BrClNO. The highest BCUT2D eigenvalue weighted by atomic mass is 79.9. The summed E-state index contributed by atoms with van der Waals surface area (Å²) >= 11 is 9.55. The van der Waals surface area contributed by atoms with Gasteiger partial charge in [-0.2, -0.15) is 0 Å². The van der Waals surface area contributed by atoms with Crippen molar-refractivity contribution in [3.05, 3.63) is 27.7 Å². The molecule has 0 unspecified atom stereocenters. The Labute approximate surface area is 109 Å². The summed E-state index contributed by atoms with van der Waals surface area (Å²) in [5, 5.41) is 4.18. The Morgan fingerprint density at radius 1 is 1.38 bits per heavy atom. The van der Waals surface area contributed by atoms with E-state index in [9.17, 15) is 0 Å². The fourth-order valence-electron chi connectivity index (χ4n) is 1.84. The predicted octanol–water partition coefficient (Wildman–Crippen LogP) is 3.94. The maximum absolute atomic E-state index is 6.11. The van der Waals surface area contributed by atoms with Gasteiger partial charge in [0.1, 0.15) is 0 Å². The largest absolute Gasteiger partial charge is 0.384 e. The van der Waals surface area contributed by atoms with E-state index in [1.807, 2.05) is 18.2 Å². The van der Waals surface area contributed by atoms with Gasteiger partial charge in [-0.05, 0) is 37.0 Å². The van der Waals surface area contributed by atoms with E-state index in [0.29, 0.717) is 5.92 Å². The van der Waals surface area contributed by atoms with Gasteiger partial charge in [0, 0.05) is 24.2 Å². The Hall–Kier alpha value is -0.250. The molecule has 1 aromatic carbocycles. The maximum Gasteiger partial charge on any atom is 0.0638 e. The number of benzene rings is 1. The Morgan fingerprint density at radius 3 is 2.88 bits per heavy atom. The summed E-state index contributed by atoms with van der Waals surface area (Å²) in [4.78, 5) is 0. The molecule has 0 saturated carbocycles. The molecular weight excluding hydrogens is 289 g/mol. The van der Waals surface area contributed by atoms with Gasteiger partial charge in [-0.1, -0.05) is 27.5 Å². The van der Waals surface area contributed by atoms with E-state index in [2.05, 4.69) is 21.2 Å². The van der Waals surface area contributed by atoms with Crippen molar-refractivity contribution in [2.75, 3.05) is 25.1 Å². The monoisotopic (exact) mass is 303 g/mol. The maximum atomic E-state index is 6.11. The van der Waals surface area contributed by atoms with E-state index in [1.165, 1.54) is 0 Å². The van der Waals surface area contributed by atoms with Crippen LogP contribution in [0, 0.1) is 5.92 Å². The SMILES string of the molecule is Clc1ccc(Br)cc1NCC1CCOCC1. The van der Waals surface area contributed by atoms with Crippen LogP contribution in [-0.4, -0.2) is 19.8 Å². The molecule has 0 amide bonds. The van der Waals surface area contributed by atoms with Crippen LogP contribution in [0.15, 0.2) is 22.7 Å². The predicted molar refractivity (Wildman–Crippen MR) is 71.2 cm³/mol. The summed E-state index contributed by atoms with van der Waals surface area (Å²) in [7, 11) is 0. The minimum atomic E-state index is 0.698. The zero-order chi connectivity index (χ0) is 11.4. The first-order valence-electron chi connectivity index (χ1n) is 5.52. The standard InChI is InChI=1S/C12H15BrClNO/c13-10-1-2-11(14)12(7-10)15-8-9-3-5-16-6-4-9/h1-2,7,9,15H,3-6,8H2. The zero-order valence-corrected chi connectivity index (χ0v) is 11.4. The van der Waals surface area contributed by atoms with Crippen molar-refractivity contribution in [2.24, 2.45) is 5.92 Å². The lowest BCUT2D eigenvalue weighted by Gasteiger charge is -2.23. The topological polar surface area (TPSA) is 21.3 Å². The van der Waals surface area contributed by atoms with Crippen molar-refractivity contribution in [2.45, 2.75) is 12.8 Å². The Morgan fingerprint density at radius 2 is 2.12 bits per heavy atom. The van der Waals surface area contributed by atoms with Crippen molar-refractivity contribution < 1.29 is 4.74 Å². The van der Waals surface area contributed by atoms with Gasteiger partial charge in [0.25, 0.3) is 0 Å². The first-order valence-corrected chi connectivity index (χ1v) is 6.69. The number of hydrogen-bond donors (Lipinski definition) is 1. The average Bonchev–Trinajstić information content (AvgIpc) is 2.32. The number of rotatable bonds is 3. The Kier molecular flexibility index (Phi) is 4.50. The summed E-state index contributed by atoms with van der Waals surface area (Å²) in [5.74, 6) is 0.698. The number of hydrogen-bond acceptors (Lipinski definition) is 2. The summed E-state index contributed by atoms with van der Waals surface area (Å²) in [5.41, 5.74) is 1.00. The summed E-state index contributed by atoms with van der Waals surface area (Å²) < 4.78 is 6.38. The molecule has 1 fully saturated rings. The van der Waals surface area contributed by atoms with Gasteiger partial charge in [0.15, 0.2) is 0 Å². The van der Waals surface area contributed by atoms with Crippen LogP contribution in [0.5, 0.6) is 0 Å². The van der Waals surface area contributed by atoms with Crippen molar-refractivity contribution in [1.29, 1.82) is 0 Å². The molecule has 0 bridgehead atoms. The van der Waals surface area contributed by atoms with Crippen LogP contribution >= 0.6 is 27.5 Å². The van der Waals surface area contributed by atoms with E-state index in [-0.39, 0.29) is 0 Å². The molecule has 88 valence electrons. The van der Waals surface area contributed by atoms with Gasteiger partial charge in [0.05, 0.1) is 10.7 Å². The molecule has 0 atom stereocenters. The summed E-state index contributed by atoms with van der Waals surface area (Å²) in [6.45, 7) is 2.75. The van der Waals surface area contributed by atoms with Gasteiger partial charge in [-0.15, -0.1) is 0 Å². The molecule has 0 aromatic heterocycles. The van der Waals surface area contributed by atoms with E-state index < -0.39 is 0 Å². The highest BCUT2D eigenvalue weighted by Gasteiger charge is 2.13. The molecule has 1 heterocycles.